The van der Waals surface area contributed by atoms with Crippen LogP contribution < -0.4 is 4.74 Å². The van der Waals surface area contributed by atoms with E-state index in [4.69, 9.17) is 9.84 Å². The molecule has 0 amide bonds. The first kappa shape index (κ1) is 15.9. The van der Waals surface area contributed by atoms with Crippen molar-refractivity contribution in [2.24, 2.45) is 0 Å². The van der Waals surface area contributed by atoms with Crippen LogP contribution in [0.5, 0.6) is 11.5 Å². The minimum atomic E-state index is -0.483. The first-order valence-electron chi connectivity index (χ1n) is 5.94. The Kier molecular flexibility index (Phi) is 4.97. The third-order valence-corrected chi connectivity index (χ3v) is 3.88. The lowest BCUT2D eigenvalue weighted by molar-refractivity contribution is -0.385. The van der Waals surface area contributed by atoms with E-state index in [2.05, 4.69) is 31.9 Å². The molecule has 0 spiro atoms. The molecule has 0 atom stereocenters. The monoisotopic (exact) mass is 415 g/mol. The van der Waals surface area contributed by atoms with E-state index in [0.717, 1.165) is 5.56 Å². The highest BCUT2D eigenvalue weighted by Crippen LogP contribution is 2.39. The van der Waals surface area contributed by atoms with Gasteiger partial charge in [-0.1, -0.05) is 22.0 Å². The molecule has 0 unspecified atom stereocenters. The molecule has 7 heteroatoms. The van der Waals surface area contributed by atoms with Gasteiger partial charge in [0.05, 0.1) is 16.0 Å². The Balaban J connectivity index is 2.46. The molecule has 0 bridgehead atoms. The van der Waals surface area contributed by atoms with Gasteiger partial charge in [0, 0.05) is 10.5 Å². The van der Waals surface area contributed by atoms with Crippen molar-refractivity contribution >= 4 is 37.5 Å². The lowest BCUT2D eigenvalue weighted by Gasteiger charge is -2.11. The Morgan fingerprint density at radius 1 is 1.29 bits per heavy atom. The highest BCUT2D eigenvalue weighted by atomic mass is 79.9. The van der Waals surface area contributed by atoms with Gasteiger partial charge in [-0.25, -0.2) is 0 Å². The highest BCUT2D eigenvalue weighted by Gasteiger charge is 2.20. The van der Waals surface area contributed by atoms with E-state index < -0.39 is 4.92 Å². The molecule has 2 aromatic carbocycles. The molecule has 0 aliphatic rings. The molecule has 110 valence electrons. The number of aryl methyl sites for hydroxylation is 1. The molecule has 0 aliphatic heterocycles. The number of aliphatic hydroxyl groups excluding tert-OH is 1. The molecule has 0 aromatic heterocycles. The summed E-state index contributed by atoms with van der Waals surface area (Å²) in [6.45, 7) is 1.65. The average molecular weight is 417 g/mol. The van der Waals surface area contributed by atoms with E-state index in [9.17, 15) is 10.1 Å². The van der Waals surface area contributed by atoms with Crippen molar-refractivity contribution in [1.29, 1.82) is 0 Å². The largest absolute Gasteiger partial charge is 0.449 e. The summed E-state index contributed by atoms with van der Waals surface area (Å²) in [7, 11) is 0. The number of nitro groups is 1. The van der Waals surface area contributed by atoms with Crippen LogP contribution in [0.25, 0.3) is 0 Å². The van der Waals surface area contributed by atoms with Gasteiger partial charge < -0.3 is 9.84 Å². The van der Waals surface area contributed by atoms with E-state index in [1.54, 1.807) is 31.2 Å². The van der Waals surface area contributed by atoms with E-state index in [1.165, 1.54) is 6.07 Å². The van der Waals surface area contributed by atoms with Crippen LogP contribution in [0.4, 0.5) is 5.69 Å². The van der Waals surface area contributed by atoms with Crippen LogP contribution in [0.3, 0.4) is 0 Å². The predicted octanol–water partition coefficient (Wildman–Crippen LogP) is 4.71. The lowest BCUT2D eigenvalue weighted by atomic mass is 10.2. The highest BCUT2D eigenvalue weighted by molar-refractivity contribution is 9.10. The zero-order chi connectivity index (χ0) is 15.6. The Bertz CT molecular complexity index is 704. The number of benzene rings is 2. The van der Waals surface area contributed by atoms with Crippen LogP contribution >= 0.6 is 31.9 Å². The zero-order valence-electron chi connectivity index (χ0n) is 11.0. The van der Waals surface area contributed by atoms with Crippen molar-refractivity contribution in [2.75, 3.05) is 0 Å². The van der Waals surface area contributed by atoms with Gasteiger partial charge in [-0.15, -0.1) is 0 Å². The third-order valence-electron chi connectivity index (χ3n) is 2.81. The smallest absolute Gasteiger partial charge is 0.312 e. The quantitative estimate of drug-likeness (QED) is 0.578. The average Bonchev–Trinajstić information content (AvgIpc) is 2.42. The minimum Gasteiger partial charge on any atom is -0.449 e. The maximum absolute atomic E-state index is 11.2. The molecular formula is C14H11Br2NO4. The summed E-state index contributed by atoms with van der Waals surface area (Å²) >= 11 is 6.57. The van der Waals surface area contributed by atoms with Crippen molar-refractivity contribution < 1.29 is 14.8 Å². The van der Waals surface area contributed by atoms with Crippen LogP contribution in [0.1, 0.15) is 11.1 Å². The van der Waals surface area contributed by atoms with Gasteiger partial charge in [0.25, 0.3) is 0 Å². The molecule has 0 heterocycles. The van der Waals surface area contributed by atoms with E-state index in [0.29, 0.717) is 20.3 Å². The van der Waals surface area contributed by atoms with Crippen LogP contribution in [-0.4, -0.2) is 10.0 Å². The Labute approximate surface area is 138 Å². The second-order valence-electron chi connectivity index (χ2n) is 4.35. The second kappa shape index (κ2) is 6.55. The number of ether oxygens (including phenoxy) is 1. The van der Waals surface area contributed by atoms with Gasteiger partial charge >= 0.3 is 5.69 Å². The van der Waals surface area contributed by atoms with Crippen molar-refractivity contribution in [3.63, 3.8) is 0 Å². The topological polar surface area (TPSA) is 72.6 Å². The second-order valence-corrected chi connectivity index (χ2v) is 6.12. The Hall–Kier alpha value is -1.44. The summed E-state index contributed by atoms with van der Waals surface area (Å²) in [5, 5.41) is 20.2. The first-order chi connectivity index (χ1) is 9.92. The van der Waals surface area contributed by atoms with E-state index in [1.807, 2.05) is 0 Å². The molecule has 1 N–H and O–H groups in total. The molecule has 21 heavy (non-hydrogen) atoms. The van der Waals surface area contributed by atoms with Gasteiger partial charge in [0.2, 0.25) is 5.75 Å². The molecule has 0 fully saturated rings. The first-order valence-corrected chi connectivity index (χ1v) is 7.52. The van der Waals surface area contributed by atoms with Crippen LogP contribution in [0, 0.1) is 17.0 Å². The van der Waals surface area contributed by atoms with Gasteiger partial charge in [-0.3, -0.25) is 10.1 Å². The summed E-state index contributed by atoms with van der Waals surface area (Å²) in [6, 6.07) is 8.20. The van der Waals surface area contributed by atoms with Gasteiger partial charge in [-0.05, 0) is 52.2 Å². The standard InChI is InChI=1S/C14H11Br2NO4/c1-8-4-10(15)6-12(17(19)20)14(8)21-13-3-2-9(7-18)5-11(13)16/h2-6,18H,7H2,1H3. The van der Waals surface area contributed by atoms with Crippen molar-refractivity contribution in [2.45, 2.75) is 13.5 Å². The normalized spacial score (nSPS) is 10.5. The minimum absolute atomic E-state index is 0.0870. The Morgan fingerprint density at radius 2 is 2.00 bits per heavy atom. The van der Waals surface area contributed by atoms with Gasteiger partial charge in [0.15, 0.2) is 0 Å². The van der Waals surface area contributed by atoms with Crippen LogP contribution in [0.15, 0.2) is 39.3 Å². The summed E-state index contributed by atoms with van der Waals surface area (Å²) < 4.78 is 6.93. The number of aliphatic hydroxyl groups is 1. The molecule has 0 radical (unpaired) electrons. The summed E-state index contributed by atoms with van der Waals surface area (Å²) in [5.74, 6) is 0.640. The van der Waals surface area contributed by atoms with E-state index in [-0.39, 0.29) is 18.0 Å². The number of rotatable bonds is 4. The van der Waals surface area contributed by atoms with Crippen molar-refractivity contribution in [3.8, 4) is 11.5 Å². The van der Waals surface area contributed by atoms with E-state index >= 15 is 0 Å². The molecule has 0 saturated heterocycles. The third kappa shape index (κ3) is 3.61. The SMILES string of the molecule is Cc1cc(Br)cc([N+](=O)[O-])c1Oc1ccc(CO)cc1Br. The van der Waals surface area contributed by atoms with Crippen molar-refractivity contribution in [1.82, 2.24) is 0 Å². The molecule has 2 rings (SSSR count). The number of nitro benzene ring substituents is 1. The fourth-order valence-corrected chi connectivity index (χ4v) is 2.88. The molecule has 0 aliphatic carbocycles. The lowest BCUT2D eigenvalue weighted by Crippen LogP contribution is -1.97. The van der Waals surface area contributed by atoms with Crippen LogP contribution in [-0.2, 0) is 6.61 Å². The maximum Gasteiger partial charge on any atom is 0.312 e. The Morgan fingerprint density at radius 3 is 2.57 bits per heavy atom. The van der Waals surface area contributed by atoms with Gasteiger partial charge in [-0.2, -0.15) is 0 Å². The predicted molar refractivity (Wildman–Crippen MR) is 85.7 cm³/mol. The number of halogens is 2. The summed E-state index contributed by atoms with van der Waals surface area (Å²) in [6.07, 6.45) is 0. The fourth-order valence-electron chi connectivity index (χ4n) is 1.82. The molecule has 0 saturated carbocycles. The van der Waals surface area contributed by atoms with Crippen molar-refractivity contribution in [3.05, 3.63) is 60.5 Å². The molecule has 2 aromatic rings. The summed E-state index contributed by atoms with van der Waals surface area (Å²) in [4.78, 5) is 10.7. The fraction of sp³-hybridized carbons (Fsp3) is 0.143. The number of nitrogens with zero attached hydrogens (tertiary/aromatic N) is 1. The zero-order valence-corrected chi connectivity index (χ0v) is 14.1. The summed E-state index contributed by atoms with van der Waals surface area (Å²) in [5.41, 5.74) is 1.26. The van der Waals surface area contributed by atoms with Gasteiger partial charge in [0.1, 0.15) is 5.75 Å². The number of hydrogen-bond donors (Lipinski definition) is 1. The molecule has 5 nitrogen and oxygen atoms in total. The molecular weight excluding hydrogens is 406 g/mol. The maximum atomic E-state index is 11.2. The van der Waals surface area contributed by atoms with Crippen LogP contribution in [0.2, 0.25) is 0 Å². The number of hydrogen-bond acceptors (Lipinski definition) is 4.